The maximum Gasteiger partial charge on any atom is 0.370 e. The number of aliphatic hydroxyl groups is 3. The first-order valence-corrected chi connectivity index (χ1v) is 10.8. The van der Waals surface area contributed by atoms with Crippen molar-refractivity contribution in [2.45, 2.75) is 50.7 Å². The van der Waals surface area contributed by atoms with Gasteiger partial charge in [-0.25, -0.2) is 9.48 Å². The van der Waals surface area contributed by atoms with Crippen molar-refractivity contribution in [1.82, 2.24) is 20.3 Å². The lowest BCUT2D eigenvalue weighted by Gasteiger charge is -2.39. The van der Waals surface area contributed by atoms with Gasteiger partial charge in [0.05, 0.1) is 31.5 Å². The van der Waals surface area contributed by atoms with E-state index in [4.69, 9.17) is 9.47 Å². The molecular weight excluding hydrogens is 448 g/mol. The van der Waals surface area contributed by atoms with Gasteiger partial charge in [-0.2, -0.15) is 0 Å². The van der Waals surface area contributed by atoms with Crippen LogP contribution in [0.3, 0.4) is 0 Å². The molecule has 2 aromatic rings. The van der Waals surface area contributed by atoms with E-state index in [0.29, 0.717) is 18.1 Å². The van der Waals surface area contributed by atoms with E-state index >= 15 is 0 Å². The molecule has 5 atom stereocenters. The molecule has 0 aliphatic carbocycles. The number of hydrogen-bond donors (Lipinski definition) is 5. The number of carbonyl (C=O) groups excluding carboxylic acids is 1. The molecule has 184 valence electrons. The summed E-state index contributed by atoms with van der Waals surface area (Å²) in [6.45, 7) is 3.06. The Kier molecular flexibility index (Phi) is 8.21. The van der Waals surface area contributed by atoms with Crippen LogP contribution in [-0.2, 0) is 14.3 Å². The molecule has 0 unspecified atom stereocenters. The molecule has 0 saturated carbocycles. The molecule has 1 aliphatic rings. The van der Waals surface area contributed by atoms with Gasteiger partial charge < -0.3 is 35.2 Å². The second-order valence-corrected chi connectivity index (χ2v) is 7.83. The zero-order valence-electron chi connectivity index (χ0n) is 18.7. The Labute approximate surface area is 195 Å². The fourth-order valence-electron chi connectivity index (χ4n) is 3.58. The summed E-state index contributed by atoms with van der Waals surface area (Å²) in [6.07, 6.45) is -1.05. The van der Waals surface area contributed by atoms with E-state index in [1.807, 2.05) is 6.92 Å². The largest absolute Gasteiger partial charge is 0.494 e. The quantitative estimate of drug-likeness (QED) is 0.310. The molecule has 12 heteroatoms. The maximum atomic E-state index is 11.9. The van der Waals surface area contributed by atoms with E-state index < -0.39 is 54.6 Å². The highest BCUT2D eigenvalue weighted by molar-refractivity contribution is 5.84. The smallest absolute Gasteiger partial charge is 0.370 e. The van der Waals surface area contributed by atoms with Gasteiger partial charge in [0.15, 0.2) is 0 Å². The van der Waals surface area contributed by atoms with Gasteiger partial charge in [-0.3, -0.25) is 4.79 Å². The third-order valence-electron chi connectivity index (χ3n) is 5.24. The van der Waals surface area contributed by atoms with Gasteiger partial charge in [-0.15, -0.1) is 5.10 Å². The van der Waals surface area contributed by atoms with Crippen LogP contribution in [0.25, 0.3) is 11.3 Å². The van der Waals surface area contributed by atoms with Crippen molar-refractivity contribution in [2.75, 3.05) is 13.2 Å². The van der Waals surface area contributed by atoms with Crippen molar-refractivity contribution in [3.05, 3.63) is 42.3 Å². The molecule has 3 rings (SSSR count). The lowest BCUT2D eigenvalue weighted by Crippen LogP contribution is -2.58. The standard InChI is InChI=1S/C22H28N4O8/c1-3-8-33-14-6-4-13(5-7-14)15-10-26(25-24-15)16-9-18(22(31)32)34-21(19(16)23-12(2)28)20(30)17(29)11-27/h4-7,9-10,16-17,19-21,27,29-30H,3,8,11H2,1-2H3,(H,23,28)(H,31,32)/t16-,17+,19+,20+,21+/m0/s1. The number of aliphatic hydroxyl groups excluding tert-OH is 3. The molecule has 1 aliphatic heterocycles. The fraction of sp³-hybridized carbons (Fsp3) is 0.455. The minimum Gasteiger partial charge on any atom is -0.494 e. The Morgan fingerprint density at radius 2 is 1.97 bits per heavy atom. The lowest BCUT2D eigenvalue weighted by molar-refractivity contribution is -0.147. The molecular formula is C22H28N4O8. The van der Waals surface area contributed by atoms with Crippen molar-refractivity contribution >= 4 is 11.9 Å². The number of amides is 1. The number of rotatable bonds is 10. The third kappa shape index (κ3) is 5.71. The van der Waals surface area contributed by atoms with Crippen LogP contribution in [0.5, 0.6) is 5.75 Å². The van der Waals surface area contributed by atoms with Crippen molar-refractivity contribution < 1.29 is 39.5 Å². The van der Waals surface area contributed by atoms with Crippen LogP contribution in [0.4, 0.5) is 0 Å². The zero-order valence-corrected chi connectivity index (χ0v) is 18.7. The number of hydrogen-bond acceptors (Lipinski definition) is 9. The second-order valence-electron chi connectivity index (χ2n) is 7.83. The van der Waals surface area contributed by atoms with E-state index in [2.05, 4.69) is 15.6 Å². The summed E-state index contributed by atoms with van der Waals surface area (Å²) in [5, 5.41) is 50.0. The first-order valence-electron chi connectivity index (χ1n) is 10.8. The van der Waals surface area contributed by atoms with Crippen LogP contribution in [0, 0.1) is 0 Å². The minimum absolute atomic E-state index is 0.480. The van der Waals surface area contributed by atoms with Gasteiger partial charge in [0, 0.05) is 12.5 Å². The predicted molar refractivity (Wildman–Crippen MR) is 118 cm³/mol. The normalized spacial score (nSPS) is 21.7. The minimum atomic E-state index is -1.70. The molecule has 2 heterocycles. The molecule has 0 fully saturated rings. The number of aliphatic carboxylic acids is 1. The number of ether oxygens (including phenoxy) is 2. The monoisotopic (exact) mass is 476 g/mol. The Morgan fingerprint density at radius 3 is 2.56 bits per heavy atom. The number of carboxylic acids is 1. The van der Waals surface area contributed by atoms with Gasteiger partial charge in [0.1, 0.15) is 29.8 Å². The number of nitrogens with zero attached hydrogens (tertiary/aromatic N) is 3. The fourth-order valence-corrected chi connectivity index (χ4v) is 3.58. The number of benzene rings is 1. The van der Waals surface area contributed by atoms with Crippen LogP contribution in [-0.4, -0.2) is 84.9 Å². The summed E-state index contributed by atoms with van der Waals surface area (Å²) < 4.78 is 12.3. The molecule has 5 N–H and O–H groups in total. The van der Waals surface area contributed by atoms with Crippen LogP contribution in [0.2, 0.25) is 0 Å². The van der Waals surface area contributed by atoms with E-state index in [-0.39, 0.29) is 0 Å². The number of carbonyl (C=O) groups is 2. The van der Waals surface area contributed by atoms with Crippen LogP contribution < -0.4 is 10.1 Å². The zero-order chi connectivity index (χ0) is 24.8. The van der Waals surface area contributed by atoms with Gasteiger partial charge in [-0.1, -0.05) is 12.1 Å². The molecule has 12 nitrogen and oxygen atoms in total. The van der Waals surface area contributed by atoms with E-state index in [1.165, 1.54) is 17.7 Å². The molecule has 1 aromatic carbocycles. The second kappa shape index (κ2) is 11.1. The van der Waals surface area contributed by atoms with E-state index in [9.17, 15) is 30.0 Å². The predicted octanol–water partition coefficient (Wildman–Crippen LogP) is -0.139. The summed E-state index contributed by atoms with van der Waals surface area (Å²) in [7, 11) is 0. The Balaban J connectivity index is 1.96. The maximum absolute atomic E-state index is 11.9. The van der Waals surface area contributed by atoms with E-state index in [1.54, 1.807) is 30.5 Å². The molecule has 1 amide bonds. The number of carboxylic acid groups (broad SMARTS) is 1. The lowest BCUT2D eigenvalue weighted by atomic mass is 9.92. The van der Waals surface area contributed by atoms with Gasteiger partial charge in [0.25, 0.3) is 0 Å². The number of nitrogens with one attached hydrogen (secondary N) is 1. The average molecular weight is 476 g/mol. The van der Waals surface area contributed by atoms with Crippen molar-refractivity contribution in [3.63, 3.8) is 0 Å². The van der Waals surface area contributed by atoms with E-state index in [0.717, 1.165) is 12.0 Å². The molecule has 0 bridgehead atoms. The van der Waals surface area contributed by atoms with Crippen LogP contribution in [0.1, 0.15) is 26.3 Å². The highest BCUT2D eigenvalue weighted by Gasteiger charge is 2.44. The van der Waals surface area contributed by atoms with Gasteiger partial charge in [0.2, 0.25) is 11.7 Å². The first kappa shape index (κ1) is 25.1. The molecule has 0 saturated heterocycles. The van der Waals surface area contributed by atoms with Crippen molar-refractivity contribution in [1.29, 1.82) is 0 Å². The Bertz CT molecular complexity index is 1020. The summed E-state index contributed by atoms with van der Waals surface area (Å²) in [5.74, 6) is -1.69. The molecule has 0 spiro atoms. The third-order valence-corrected chi connectivity index (χ3v) is 5.24. The van der Waals surface area contributed by atoms with Crippen LogP contribution in [0.15, 0.2) is 42.3 Å². The highest BCUT2D eigenvalue weighted by atomic mass is 16.5. The summed E-state index contributed by atoms with van der Waals surface area (Å²) in [5.41, 5.74) is 1.21. The molecule has 1 aromatic heterocycles. The van der Waals surface area contributed by atoms with Gasteiger partial charge in [-0.05, 0) is 36.8 Å². The molecule has 0 radical (unpaired) electrons. The topological polar surface area (TPSA) is 176 Å². The highest BCUT2D eigenvalue weighted by Crippen LogP contribution is 2.31. The van der Waals surface area contributed by atoms with Gasteiger partial charge >= 0.3 is 5.97 Å². The summed E-state index contributed by atoms with van der Waals surface area (Å²) >= 11 is 0. The summed E-state index contributed by atoms with van der Waals surface area (Å²) in [4.78, 5) is 23.6. The molecule has 34 heavy (non-hydrogen) atoms. The Morgan fingerprint density at radius 1 is 1.26 bits per heavy atom. The van der Waals surface area contributed by atoms with Crippen LogP contribution >= 0.6 is 0 Å². The summed E-state index contributed by atoms with van der Waals surface area (Å²) in [6, 6.07) is 5.24. The SMILES string of the molecule is CCCOc1ccc(-c2cn([C@H]3C=C(C(=O)O)O[C@@H]([C@H](O)[C@H](O)CO)[C@@H]3NC(C)=O)nn2)cc1. The first-order chi connectivity index (χ1) is 16.2. The number of aromatic nitrogens is 3. The van der Waals surface area contributed by atoms with Crippen molar-refractivity contribution in [2.24, 2.45) is 0 Å². The Hall–Kier alpha value is -3.48. The average Bonchev–Trinajstić information content (AvgIpc) is 3.31. The van der Waals surface area contributed by atoms with Crippen molar-refractivity contribution in [3.8, 4) is 17.0 Å².